The third-order valence-electron chi connectivity index (χ3n) is 5.07. The van der Waals surface area contributed by atoms with Gasteiger partial charge in [-0.25, -0.2) is 0 Å². The van der Waals surface area contributed by atoms with Crippen LogP contribution in [0.15, 0.2) is 0 Å². The number of hydrogen-bond donors (Lipinski definition) is 2. The predicted molar refractivity (Wildman–Crippen MR) is 85.1 cm³/mol. The molecule has 0 aromatic rings. The van der Waals surface area contributed by atoms with Crippen LogP contribution in [0.3, 0.4) is 0 Å². The van der Waals surface area contributed by atoms with Gasteiger partial charge in [-0.3, -0.25) is 9.69 Å². The molecule has 4 heteroatoms. The Balaban J connectivity index is 1.67. The van der Waals surface area contributed by atoms with Gasteiger partial charge in [-0.15, -0.1) is 0 Å². The highest BCUT2D eigenvalue weighted by Crippen LogP contribution is 2.25. The Morgan fingerprint density at radius 2 is 1.86 bits per heavy atom. The highest BCUT2D eigenvalue weighted by Gasteiger charge is 2.31. The lowest BCUT2D eigenvalue weighted by atomic mass is 9.89. The van der Waals surface area contributed by atoms with Crippen LogP contribution in [0.4, 0.5) is 0 Å². The maximum atomic E-state index is 11.9. The number of nitrogens with zero attached hydrogens (tertiary/aromatic N) is 1. The summed E-state index contributed by atoms with van der Waals surface area (Å²) in [7, 11) is 0. The lowest BCUT2D eigenvalue weighted by Crippen LogP contribution is -2.52. The molecule has 0 spiro atoms. The molecule has 2 N–H and O–H groups in total. The van der Waals surface area contributed by atoms with Crippen molar-refractivity contribution in [3.05, 3.63) is 0 Å². The van der Waals surface area contributed by atoms with Crippen molar-refractivity contribution in [3.63, 3.8) is 0 Å². The number of unbranched alkanes of at least 4 members (excludes halogenated alkanes) is 2. The predicted octanol–water partition coefficient (Wildman–Crippen LogP) is 2.45. The number of carbonyl (C=O) groups excluding carboxylic acids is 1. The van der Waals surface area contributed by atoms with E-state index in [4.69, 9.17) is 0 Å². The smallest absolute Gasteiger partial charge is 0.220 e. The van der Waals surface area contributed by atoms with Gasteiger partial charge in [0.05, 0.1) is 6.10 Å². The molecule has 2 fully saturated rings. The molecule has 4 nitrogen and oxygen atoms in total. The Bertz CT molecular complexity index is 314. The molecule has 2 unspecified atom stereocenters. The van der Waals surface area contributed by atoms with Crippen molar-refractivity contribution in [3.8, 4) is 0 Å². The van der Waals surface area contributed by atoms with Gasteiger partial charge in [-0.2, -0.15) is 0 Å². The number of likely N-dealkylation sites (tertiary alicyclic amines) is 1. The van der Waals surface area contributed by atoms with Gasteiger partial charge in [0.2, 0.25) is 5.91 Å². The Hall–Kier alpha value is -0.610. The molecule has 2 aliphatic rings. The molecular weight excluding hydrogens is 264 g/mol. The molecule has 0 bridgehead atoms. The van der Waals surface area contributed by atoms with Gasteiger partial charge in [0, 0.05) is 31.6 Å². The third kappa shape index (κ3) is 5.26. The molecular formula is C17H32N2O2. The number of hydrogen-bond acceptors (Lipinski definition) is 3. The second kappa shape index (κ2) is 8.74. The van der Waals surface area contributed by atoms with Crippen molar-refractivity contribution in [1.29, 1.82) is 0 Å². The minimum Gasteiger partial charge on any atom is -0.391 e. The summed E-state index contributed by atoms with van der Waals surface area (Å²) >= 11 is 0. The fraction of sp³-hybridized carbons (Fsp3) is 0.941. The van der Waals surface area contributed by atoms with Crippen molar-refractivity contribution < 1.29 is 9.90 Å². The van der Waals surface area contributed by atoms with Crippen LogP contribution in [-0.2, 0) is 4.79 Å². The minimum atomic E-state index is -0.140. The highest BCUT2D eigenvalue weighted by molar-refractivity contribution is 5.76. The molecule has 0 aromatic heterocycles. The molecule has 1 saturated heterocycles. The summed E-state index contributed by atoms with van der Waals surface area (Å²) in [5.41, 5.74) is 0. The first kappa shape index (κ1) is 16.8. The topological polar surface area (TPSA) is 52.6 Å². The standard InChI is InChI=1S/C17H32N2O2/c1-2-3-4-9-17(21)18-14-10-12-19(13-11-14)15-7-5-6-8-16(15)20/h14-16,20H,2-13H2,1H3,(H,18,21). The maximum Gasteiger partial charge on any atom is 0.220 e. The van der Waals surface area contributed by atoms with Crippen LogP contribution in [0, 0.1) is 0 Å². The molecule has 122 valence electrons. The SMILES string of the molecule is CCCCCC(=O)NC1CCN(C2CCCCC2O)CC1. The summed E-state index contributed by atoms with van der Waals surface area (Å²) in [6, 6.07) is 0.705. The number of piperidine rings is 1. The lowest BCUT2D eigenvalue weighted by Gasteiger charge is -2.41. The molecule has 1 aliphatic carbocycles. The fourth-order valence-corrected chi connectivity index (χ4v) is 3.73. The van der Waals surface area contributed by atoms with E-state index >= 15 is 0 Å². The van der Waals surface area contributed by atoms with Crippen molar-refractivity contribution in [1.82, 2.24) is 10.2 Å². The molecule has 2 rings (SSSR count). The molecule has 0 aromatic carbocycles. The van der Waals surface area contributed by atoms with Gasteiger partial charge >= 0.3 is 0 Å². The zero-order valence-electron chi connectivity index (χ0n) is 13.5. The Labute approximate surface area is 129 Å². The number of aliphatic hydroxyl groups is 1. The van der Waals surface area contributed by atoms with Gasteiger partial charge in [0.25, 0.3) is 0 Å². The second-order valence-corrected chi connectivity index (χ2v) is 6.75. The summed E-state index contributed by atoms with van der Waals surface area (Å²) in [5, 5.41) is 13.3. The molecule has 1 amide bonds. The van der Waals surface area contributed by atoms with Crippen LogP contribution in [-0.4, -0.2) is 47.2 Å². The zero-order valence-corrected chi connectivity index (χ0v) is 13.5. The van der Waals surface area contributed by atoms with E-state index in [0.717, 1.165) is 58.0 Å². The minimum absolute atomic E-state index is 0.140. The second-order valence-electron chi connectivity index (χ2n) is 6.75. The highest BCUT2D eigenvalue weighted by atomic mass is 16.3. The van der Waals surface area contributed by atoms with E-state index in [-0.39, 0.29) is 12.0 Å². The molecule has 21 heavy (non-hydrogen) atoms. The first-order valence-corrected chi connectivity index (χ1v) is 8.92. The quantitative estimate of drug-likeness (QED) is 0.740. The largest absolute Gasteiger partial charge is 0.391 e. The van der Waals surface area contributed by atoms with Crippen LogP contribution in [0.5, 0.6) is 0 Å². The lowest BCUT2D eigenvalue weighted by molar-refractivity contribution is -0.122. The summed E-state index contributed by atoms with van der Waals surface area (Å²) in [4.78, 5) is 14.3. The van der Waals surface area contributed by atoms with Crippen molar-refractivity contribution >= 4 is 5.91 Å². The first-order valence-electron chi connectivity index (χ1n) is 8.92. The summed E-state index contributed by atoms with van der Waals surface area (Å²) < 4.78 is 0. The Kier molecular flexibility index (Phi) is 6.97. The first-order chi connectivity index (χ1) is 10.2. The Morgan fingerprint density at radius 1 is 1.14 bits per heavy atom. The summed E-state index contributed by atoms with van der Waals surface area (Å²) in [6.07, 6.45) is 10.4. The molecule has 1 aliphatic heterocycles. The number of aliphatic hydroxyl groups excluding tert-OH is 1. The van der Waals surface area contributed by atoms with E-state index in [9.17, 15) is 9.90 Å². The van der Waals surface area contributed by atoms with Gasteiger partial charge in [-0.05, 0) is 32.1 Å². The van der Waals surface area contributed by atoms with E-state index in [2.05, 4.69) is 17.1 Å². The number of carbonyl (C=O) groups is 1. The van der Waals surface area contributed by atoms with Gasteiger partial charge < -0.3 is 10.4 Å². The van der Waals surface area contributed by atoms with Gasteiger partial charge in [0.1, 0.15) is 0 Å². The van der Waals surface area contributed by atoms with Crippen LogP contribution < -0.4 is 5.32 Å². The molecule has 1 saturated carbocycles. The molecule has 2 atom stereocenters. The normalized spacial score (nSPS) is 28.5. The number of amides is 1. The van der Waals surface area contributed by atoms with E-state index in [1.165, 1.54) is 12.8 Å². The van der Waals surface area contributed by atoms with Crippen LogP contribution in [0.25, 0.3) is 0 Å². The average Bonchev–Trinajstić information content (AvgIpc) is 2.49. The third-order valence-corrected chi connectivity index (χ3v) is 5.07. The van der Waals surface area contributed by atoms with Crippen LogP contribution in [0.1, 0.15) is 71.1 Å². The average molecular weight is 296 g/mol. The van der Waals surface area contributed by atoms with E-state index in [1.807, 2.05) is 0 Å². The maximum absolute atomic E-state index is 11.9. The molecule has 0 radical (unpaired) electrons. The van der Waals surface area contributed by atoms with Crippen LogP contribution >= 0.6 is 0 Å². The van der Waals surface area contributed by atoms with Gasteiger partial charge in [-0.1, -0.05) is 32.6 Å². The fourth-order valence-electron chi connectivity index (χ4n) is 3.73. The number of rotatable bonds is 6. The van der Waals surface area contributed by atoms with E-state index in [1.54, 1.807) is 0 Å². The number of nitrogens with one attached hydrogen (secondary N) is 1. The van der Waals surface area contributed by atoms with E-state index < -0.39 is 0 Å². The van der Waals surface area contributed by atoms with Crippen molar-refractivity contribution in [2.75, 3.05) is 13.1 Å². The van der Waals surface area contributed by atoms with Crippen LogP contribution in [0.2, 0.25) is 0 Å². The molecule has 1 heterocycles. The monoisotopic (exact) mass is 296 g/mol. The summed E-state index contributed by atoms with van der Waals surface area (Å²) in [6.45, 7) is 4.19. The van der Waals surface area contributed by atoms with Crippen molar-refractivity contribution in [2.45, 2.75) is 89.3 Å². The summed E-state index contributed by atoms with van der Waals surface area (Å²) in [5.74, 6) is 0.222. The van der Waals surface area contributed by atoms with E-state index in [0.29, 0.717) is 18.5 Å². The van der Waals surface area contributed by atoms with Crippen molar-refractivity contribution in [2.24, 2.45) is 0 Å². The Morgan fingerprint density at radius 3 is 2.52 bits per heavy atom. The zero-order chi connectivity index (χ0) is 15.1. The van der Waals surface area contributed by atoms with Gasteiger partial charge in [0.15, 0.2) is 0 Å².